The fraction of sp³-hybridized carbons (Fsp3) is 0.344. The molecule has 3 aliphatic rings. The molecule has 0 aromatic heterocycles. The van der Waals surface area contributed by atoms with E-state index in [4.69, 9.17) is 9.47 Å². The highest BCUT2D eigenvalue weighted by Crippen LogP contribution is 2.34. The summed E-state index contributed by atoms with van der Waals surface area (Å²) in [4.78, 5) is 45.7. The van der Waals surface area contributed by atoms with E-state index < -0.39 is 5.82 Å². The number of nitrogens with one attached hydrogen (secondary N) is 2. The first kappa shape index (κ1) is 28.5. The predicted octanol–water partition coefficient (Wildman–Crippen LogP) is 3.59. The molecule has 0 aliphatic carbocycles. The number of carbonyl (C=O) groups is 3. The second-order valence-electron chi connectivity index (χ2n) is 10.8. The molecule has 3 aromatic rings. The SMILES string of the molecule is O=C(Nc1cc(C(=O)N2CCCNCC2)ccc1N1CCCN(C(=O)c2cccc(F)c2)CC1)c1ccc2c(c1)OCO2. The lowest BCUT2D eigenvalue weighted by Gasteiger charge is -2.27. The summed E-state index contributed by atoms with van der Waals surface area (Å²) < 4.78 is 24.6. The van der Waals surface area contributed by atoms with Crippen molar-refractivity contribution in [3.8, 4) is 11.5 Å². The number of nitrogens with zero attached hydrogens (tertiary/aromatic N) is 3. The lowest BCUT2D eigenvalue weighted by atomic mass is 10.1. The van der Waals surface area contributed by atoms with Crippen LogP contribution in [0.4, 0.5) is 15.8 Å². The van der Waals surface area contributed by atoms with Gasteiger partial charge in [-0.15, -0.1) is 0 Å². The molecule has 2 N–H and O–H groups in total. The van der Waals surface area contributed by atoms with Crippen LogP contribution in [0, 0.1) is 5.82 Å². The van der Waals surface area contributed by atoms with Gasteiger partial charge in [0, 0.05) is 62.5 Å². The molecule has 6 rings (SSSR count). The number of benzene rings is 3. The van der Waals surface area contributed by atoms with Gasteiger partial charge in [0.2, 0.25) is 6.79 Å². The van der Waals surface area contributed by atoms with Crippen molar-refractivity contribution in [1.29, 1.82) is 0 Å². The summed E-state index contributed by atoms with van der Waals surface area (Å²) >= 11 is 0. The van der Waals surface area contributed by atoms with Gasteiger partial charge in [-0.1, -0.05) is 6.07 Å². The molecule has 11 heteroatoms. The Bertz CT molecular complexity index is 1520. The molecule has 0 bridgehead atoms. The Morgan fingerprint density at radius 2 is 1.49 bits per heavy atom. The molecule has 3 aliphatic heterocycles. The third-order valence-corrected chi connectivity index (χ3v) is 7.95. The van der Waals surface area contributed by atoms with E-state index in [2.05, 4.69) is 15.5 Å². The summed E-state index contributed by atoms with van der Waals surface area (Å²) in [6, 6.07) is 16.1. The van der Waals surface area contributed by atoms with Gasteiger partial charge in [-0.25, -0.2) is 4.39 Å². The van der Waals surface area contributed by atoms with Crippen LogP contribution >= 0.6 is 0 Å². The van der Waals surface area contributed by atoms with E-state index in [-0.39, 0.29) is 24.5 Å². The first-order valence-electron chi connectivity index (χ1n) is 14.6. The summed E-state index contributed by atoms with van der Waals surface area (Å²) in [5.74, 6) is -0.0139. The zero-order valence-corrected chi connectivity index (χ0v) is 23.8. The maximum atomic E-state index is 13.8. The number of hydrogen-bond acceptors (Lipinski definition) is 7. The number of hydrogen-bond donors (Lipinski definition) is 2. The van der Waals surface area contributed by atoms with Crippen LogP contribution in [-0.4, -0.2) is 86.7 Å². The normalized spacial score (nSPS) is 16.8. The van der Waals surface area contributed by atoms with Crippen molar-refractivity contribution >= 4 is 29.1 Å². The number of rotatable bonds is 5. The molecule has 2 saturated heterocycles. The number of amides is 3. The average molecular weight is 588 g/mol. The van der Waals surface area contributed by atoms with Crippen LogP contribution in [-0.2, 0) is 0 Å². The Labute approximate surface area is 249 Å². The zero-order chi connectivity index (χ0) is 29.8. The topological polar surface area (TPSA) is 103 Å². The molecule has 0 unspecified atom stereocenters. The lowest BCUT2D eigenvalue weighted by Crippen LogP contribution is -2.35. The maximum Gasteiger partial charge on any atom is 0.255 e. The quantitative estimate of drug-likeness (QED) is 0.470. The van der Waals surface area contributed by atoms with Gasteiger partial charge in [0.1, 0.15) is 5.82 Å². The summed E-state index contributed by atoms with van der Waals surface area (Å²) in [5, 5.41) is 6.35. The third-order valence-electron chi connectivity index (χ3n) is 7.95. The summed E-state index contributed by atoms with van der Waals surface area (Å²) in [5.41, 5.74) is 2.46. The van der Waals surface area contributed by atoms with Gasteiger partial charge in [0.05, 0.1) is 11.4 Å². The largest absolute Gasteiger partial charge is 0.454 e. The van der Waals surface area contributed by atoms with Crippen molar-refractivity contribution in [3.05, 3.63) is 83.2 Å². The molecule has 2 fully saturated rings. The third kappa shape index (κ3) is 6.41. The Morgan fingerprint density at radius 3 is 2.35 bits per heavy atom. The highest BCUT2D eigenvalue weighted by molar-refractivity contribution is 6.07. The van der Waals surface area contributed by atoms with Crippen molar-refractivity contribution in [3.63, 3.8) is 0 Å². The molecule has 43 heavy (non-hydrogen) atoms. The van der Waals surface area contributed by atoms with Crippen LogP contribution in [0.2, 0.25) is 0 Å². The van der Waals surface area contributed by atoms with Crippen molar-refractivity contribution in [1.82, 2.24) is 15.1 Å². The molecular formula is C32H34FN5O5. The van der Waals surface area contributed by atoms with Gasteiger partial charge < -0.3 is 34.8 Å². The van der Waals surface area contributed by atoms with E-state index in [0.717, 1.165) is 25.2 Å². The zero-order valence-electron chi connectivity index (χ0n) is 23.8. The molecule has 3 aromatic carbocycles. The molecule has 0 saturated carbocycles. The van der Waals surface area contributed by atoms with Gasteiger partial charge in [0.25, 0.3) is 17.7 Å². The Hall–Kier alpha value is -4.64. The molecule has 224 valence electrons. The van der Waals surface area contributed by atoms with Crippen LogP contribution in [0.1, 0.15) is 43.9 Å². The van der Waals surface area contributed by atoms with E-state index in [1.165, 1.54) is 18.2 Å². The van der Waals surface area contributed by atoms with Crippen molar-refractivity contribution in [2.75, 3.05) is 69.4 Å². The van der Waals surface area contributed by atoms with Gasteiger partial charge in [-0.05, 0) is 74.0 Å². The Balaban J connectivity index is 1.25. The molecule has 0 radical (unpaired) electrons. The minimum absolute atomic E-state index is 0.0865. The fourth-order valence-electron chi connectivity index (χ4n) is 5.67. The first-order valence-corrected chi connectivity index (χ1v) is 14.6. The highest BCUT2D eigenvalue weighted by atomic mass is 19.1. The van der Waals surface area contributed by atoms with Crippen molar-refractivity contribution < 1.29 is 28.2 Å². The molecule has 3 heterocycles. The fourth-order valence-corrected chi connectivity index (χ4v) is 5.67. The summed E-state index contributed by atoms with van der Waals surface area (Å²) in [6.45, 7) is 5.05. The standard InChI is InChI=1S/C32H34FN5O5/c33-25-5-1-4-23(18-25)31(40)38-14-3-13-36(16-17-38)27-8-6-24(32(41)37-12-2-10-34-11-15-37)19-26(27)35-30(39)22-7-9-28-29(20-22)43-21-42-28/h1,4-9,18-20,34H,2-3,10-17,21H2,(H,35,39). The van der Waals surface area contributed by atoms with E-state index in [1.807, 2.05) is 11.0 Å². The predicted molar refractivity (Wildman–Crippen MR) is 159 cm³/mol. The molecular weight excluding hydrogens is 553 g/mol. The smallest absolute Gasteiger partial charge is 0.255 e. The number of ether oxygens (including phenoxy) is 2. The number of anilines is 2. The first-order chi connectivity index (χ1) is 21.0. The van der Waals surface area contributed by atoms with E-state index in [1.54, 1.807) is 41.3 Å². The molecule has 0 spiro atoms. The average Bonchev–Trinajstić information content (AvgIpc) is 3.18. The number of fused-ring (bicyclic) bond motifs is 1. The number of halogens is 1. The molecule has 10 nitrogen and oxygen atoms in total. The summed E-state index contributed by atoms with van der Waals surface area (Å²) in [6.07, 6.45) is 1.55. The van der Waals surface area contributed by atoms with Crippen LogP contribution < -0.4 is 25.0 Å². The van der Waals surface area contributed by atoms with Crippen LogP contribution in [0.15, 0.2) is 60.7 Å². The number of carbonyl (C=O) groups excluding carboxylic acids is 3. The monoisotopic (exact) mass is 587 g/mol. The van der Waals surface area contributed by atoms with Crippen molar-refractivity contribution in [2.24, 2.45) is 0 Å². The van der Waals surface area contributed by atoms with E-state index in [0.29, 0.717) is 79.6 Å². The highest BCUT2D eigenvalue weighted by Gasteiger charge is 2.25. The van der Waals surface area contributed by atoms with Gasteiger partial charge >= 0.3 is 0 Å². The van der Waals surface area contributed by atoms with Crippen molar-refractivity contribution in [2.45, 2.75) is 12.8 Å². The minimum atomic E-state index is -0.448. The second kappa shape index (κ2) is 12.7. The second-order valence-corrected chi connectivity index (χ2v) is 10.8. The van der Waals surface area contributed by atoms with Gasteiger partial charge in [-0.3, -0.25) is 14.4 Å². The van der Waals surface area contributed by atoms with Crippen LogP contribution in [0.5, 0.6) is 11.5 Å². The molecule has 3 amide bonds. The Morgan fingerprint density at radius 1 is 0.721 bits per heavy atom. The lowest BCUT2D eigenvalue weighted by molar-refractivity contribution is 0.0759. The summed E-state index contributed by atoms with van der Waals surface area (Å²) in [7, 11) is 0. The van der Waals surface area contributed by atoms with Crippen LogP contribution in [0.3, 0.4) is 0 Å². The van der Waals surface area contributed by atoms with E-state index >= 15 is 0 Å². The minimum Gasteiger partial charge on any atom is -0.454 e. The van der Waals surface area contributed by atoms with Gasteiger partial charge in [-0.2, -0.15) is 0 Å². The maximum absolute atomic E-state index is 13.8. The van der Waals surface area contributed by atoms with Gasteiger partial charge in [0.15, 0.2) is 11.5 Å². The Kier molecular flexibility index (Phi) is 8.41. The van der Waals surface area contributed by atoms with E-state index in [9.17, 15) is 18.8 Å². The van der Waals surface area contributed by atoms with Crippen LogP contribution in [0.25, 0.3) is 0 Å². The molecule has 0 atom stereocenters.